The van der Waals surface area contributed by atoms with Gasteiger partial charge in [0.15, 0.2) is 0 Å². The van der Waals surface area contributed by atoms with Gasteiger partial charge in [0.1, 0.15) is 0 Å². The third kappa shape index (κ3) is 4.36. The van der Waals surface area contributed by atoms with E-state index >= 15 is 0 Å². The van der Waals surface area contributed by atoms with Crippen molar-refractivity contribution >= 4 is 14.2 Å². The van der Waals surface area contributed by atoms with Crippen molar-refractivity contribution in [3.8, 4) is 0 Å². The zero-order valence-corrected chi connectivity index (χ0v) is 4.63. The Kier molecular flexibility index (Phi) is 2.78. The zero-order valence-electron chi connectivity index (χ0n) is 3.73. The standard InChI is InChI=1S/C3H8BP/c1-3-5(2)4/h3H2,1-2H3. The van der Waals surface area contributed by atoms with Crippen LogP contribution in [0.15, 0.2) is 0 Å². The molecule has 0 aromatic heterocycles. The summed E-state index contributed by atoms with van der Waals surface area (Å²) in [6, 6.07) is 0. The first kappa shape index (κ1) is 5.36. The van der Waals surface area contributed by atoms with Crippen LogP contribution in [0.3, 0.4) is 0 Å². The van der Waals surface area contributed by atoms with Gasteiger partial charge in [0.05, 0.1) is 0 Å². The second kappa shape index (κ2) is 2.59. The molecule has 0 aromatic rings. The van der Waals surface area contributed by atoms with E-state index in [1.165, 1.54) is 0 Å². The van der Waals surface area contributed by atoms with Crippen molar-refractivity contribution < 1.29 is 0 Å². The molecule has 0 rings (SSSR count). The van der Waals surface area contributed by atoms with Crippen molar-refractivity contribution in [2.24, 2.45) is 0 Å². The van der Waals surface area contributed by atoms with Gasteiger partial charge in [0.25, 0.3) is 0 Å². The molecule has 0 saturated carbocycles. The average Bonchev–Trinajstić information content (AvgIpc) is 1.38. The Labute approximate surface area is 35.0 Å². The number of hydrogen-bond donors (Lipinski definition) is 0. The molecular weight excluding hydrogens is 77.8 g/mol. The van der Waals surface area contributed by atoms with Crippen molar-refractivity contribution in [1.82, 2.24) is 0 Å². The summed E-state index contributed by atoms with van der Waals surface area (Å²) < 4.78 is 0. The second-order valence-electron chi connectivity index (χ2n) is 1.07. The van der Waals surface area contributed by atoms with Gasteiger partial charge in [0, 0.05) is 0 Å². The van der Waals surface area contributed by atoms with Crippen LogP contribution in [0, 0.1) is 0 Å². The van der Waals surface area contributed by atoms with Gasteiger partial charge in [0.2, 0.25) is 0 Å². The van der Waals surface area contributed by atoms with Gasteiger partial charge in [-0.15, -0.1) is 0 Å². The Morgan fingerprint density at radius 1 is 1.80 bits per heavy atom. The molecule has 1 atom stereocenters. The molecular formula is C3H8BP. The average molecular weight is 85.9 g/mol. The van der Waals surface area contributed by atoms with Gasteiger partial charge in [-0.3, -0.25) is 0 Å². The molecule has 5 heavy (non-hydrogen) atoms. The molecule has 0 spiro atoms. The molecule has 0 aromatic carbocycles. The van der Waals surface area contributed by atoms with E-state index in [0.29, 0.717) is 0 Å². The third-order valence-electron chi connectivity index (χ3n) is 0.499. The van der Waals surface area contributed by atoms with Crippen molar-refractivity contribution in [2.75, 3.05) is 12.8 Å². The Balaban J connectivity index is 2.97. The van der Waals surface area contributed by atoms with Gasteiger partial charge in [-0.2, -0.15) is 0 Å². The Hall–Kier alpha value is 0.365. The molecule has 0 amide bonds. The monoisotopic (exact) mass is 86.0 g/mol. The maximum absolute atomic E-state index is 5.36. The molecule has 1 unspecified atom stereocenters. The van der Waals surface area contributed by atoms with Gasteiger partial charge in [-0.25, -0.2) is 0 Å². The minimum absolute atomic E-state index is 0.0983. The summed E-state index contributed by atoms with van der Waals surface area (Å²) in [6.07, 6.45) is 1.15. The van der Waals surface area contributed by atoms with E-state index in [2.05, 4.69) is 13.6 Å². The molecule has 2 heteroatoms. The van der Waals surface area contributed by atoms with Crippen molar-refractivity contribution in [3.05, 3.63) is 0 Å². The predicted octanol–water partition coefficient (Wildman–Crippen LogP) is 1.20. The SMILES string of the molecule is B#P(C)CC. The maximum atomic E-state index is 5.36. The quantitative estimate of drug-likeness (QED) is 0.307. The fourth-order valence-corrected chi connectivity index (χ4v) is 0. The van der Waals surface area contributed by atoms with Crippen LogP contribution in [0.25, 0.3) is 0 Å². The normalized spacial score (nSPS) is 11.6. The first-order valence-electron chi connectivity index (χ1n) is 1.73. The summed E-state index contributed by atoms with van der Waals surface area (Å²) in [5.41, 5.74) is 0. The molecule has 28 valence electrons. The topological polar surface area (TPSA) is 0 Å². The van der Waals surface area contributed by atoms with E-state index in [1.54, 1.807) is 0 Å². The first-order chi connectivity index (χ1) is 2.27. The van der Waals surface area contributed by atoms with Crippen LogP contribution >= 0.6 is 7.24 Å². The molecule has 0 fully saturated rings. The van der Waals surface area contributed by atoms with Crippen LogP contribution < -0.4 is 0 Å². The number of hydrogen-bond acceptors (Lipinski definition) is 0. The van der Waals surface area contributed by atoms with Crippen LogP contribution in [0.2, 0.25) is 0 Å². The fraction of sp³-hybridized carbons (Fsp3) is 1.00. The molecule has 0 aliphatic carbocycles. The Bertz CT molecular complexity index is 68.7. The summed E-state index contributed by atoms with van der Waals surface area (Å²) in [4.78, 5) is 0. The Morgan fingerprint density at radius 3 is 2.00 bits per heavy atom. The van der Waals surface area contributed by atoms with Crippen molar-refractivity contribution in [1.29, 1.82) is 0 Å². The van der Waals surface area contributed by atoms with E-state index in [-0.39, 0.29) is 7.24 Å². The molecule has 0 heterocycles. The summed E-state index contributed by atoms with van der Waals surface area (Å²) in [5.74, 6) is 0. The van der Waals surface area contributed by atoms with Crippen molar-refractivity contribution in [2.45, 2.75) is 6.92 Å². The molecule has 0 aliphatic rings. The minimum atomic E-state index is -0.0983. The molecule has 0 nitrogen and oxygen atoms in total. The fourth-order valence-electron chi connectivity index (χ4n) is 0. The van der Waals surface area contributed by atoms with E-state index in [9.17, 15) is 0 Å². The molecule has 0 radical (unpaired) electrons. The molecule has 0 N–H and O–H groups in total. The van der Waals surface area contributed by atoms with Crippen LogP contribution in [0.1, 0.15) is 6.92 Å². The van der Waals surface area contributed by atoms with Gasteiger partial charge in [-0.1, -0.05) is 0 Å². The molecule has 0 bridgehead atoms. The van der Waals surface area contributed by atoms with Gasteiger partial charge in [-0.05, 0) is 0 Å². The summed E-state index contributed by atoms with van der Waals surface area (Å²) >= 11 is 0. The predicted molar refractivity (Wildman–Crippen MR) is 29.1 cm³/mol. The van der Waals surface area contributed by atoms with E-state index in [4.69, 9.17) is 7.01 Å². The summed E-state index contributed by atoms with van der Waals surface area (Å²) in [6.45, 7) is 4.17. The number of rotatable bonds is 0. The third-order valence-corrected chi connectivity index (χ3v) is 1.50. The van der Waals surface area contributed by atoms with Crippen LogP contribution in [-0.4, -0.2) is 19.8 Å². The van der Waals surface area contributed by atoms with Crippen molar-refractivity contribution in [3.63, 3.8) is 0 Å². The van der Waals surface area contributed by atoms with E-state index in [0.717, 1.165) is 6.16 Å². The zero-order chi connectivity index (χ0) is 4.28. The van der Waals surface area contributed by atoms with E-state index < -0.39 is 0 Å². The molecule has 0 saturated heterocycles. The second-order valence-corrected chi connectivity index (χ2v) is 3.22. The van der Waals surface area contributed by atoms with Crippen LogP contribution in [0.4, 0.5) is 0 Å². The molecule has 0 aliphatic heterocycles. The van der Waals surface area contributed by atoms with Crippen LogP contribution in [-0.2, 0) is 0 Å². The van der Waals surface area contributed by atoms with Gasteiger partial charge >= 0.3 is 34.0 Å². The van der Waals surface area contributed by atoms with E-state index in [1.807, 2.05) is 0 Å². The Morgan fingerprint density at radius 2 is 2.00 bits per heavy atom. The summed E-state index contributed by atoms with van der Waals surface area (Å²) in [7, 11) is 5.26. The summed E-state index contributed by atoms with van der Waals surface area (Å²) in [5, 5.41) is 0. The van der Waals surface area contributed by atoms with Crippen LogP contribution in [0.5, 0.6) is 0 Å². The van der Waals surface area contributed by atoms with Gasteiger partial charge < -0.3 is 0 Å². The first-order valence-corrected chi connectivity index (χ1v) is 3.77.